The molecule has 0 spiro atoms. The van der Waals surface area contributed by atoms with Gasteiger partial charge in [0.1, 0.15) is 5.75 Å². The van der Waals surface area contributed by atoms with Crippen LogP contribution in [0.3, 0.4) is 0 Å². The van der Waals surface area contributed by atoms with Crippen molar-refractivity contribution in [3.05, 3.63) is 59.7 Å². The van der Waals surface area contributed by atoms with E-state index in [1.165, 1.54) is 0 Å². The molecule has 0 radical (unpaired) electrons. The van der Waals surface area contributed by atoms with Gasteiger partial charge in [0.15, 0.2) is 6.61 Å². The van der Waals surface area contributed by atoms with Crippen LogP contribution in [-0.2, 0) is 4.79 Å². The molecule has 0 heterocycles. The molecule has 5 heteroatoms. The number of anilines is 1. The van der Waals surface area contributed by atoms with E-state index in [0.717, 1.165) is 11.1 Å². The molecule has 2 aromatic carbocycles. The molecule has 0 atom stereocenters. The maximum absolute atomic E-state index is 11.7. The number of hydrogen-bond donors (Lipinski definition) is 2. The van der Waals surface area contributed by atoms with Gasteiger partial charge in [-0.1, -0.05) is 29.8 Å². The number of nitrogen functional groups attached to an aromatic ring is 1. The zero-order valence-corrected chi connectivity index (χ0v) is 12.7. The molecule has 3 N–H and O–H groups in total. The van der Waals surface area contributed by atoms with E-state index in [9.17, 15) is 4.79 Å². The van der Waals surface area contributed by atoms with Crippen LogP contribution in [0.25, 0.3) is 0 Å². The quantitative estimate of drug-likeness (QED) is 0.506. The lowest BCUT2D eigenvalue weighted by Gasteiger charge is -2.06. The molecule has 0 aromatic heterocycles. The van der Waals surface area contributed by atoms with Crippen LogP contribution in [0.15, 0.2) is 53.6 Å². The van der Waals surface area contributed by atoms with Crippen LogP contribution in [0.1, 0.15) is 18.1 Å². The molecule has 5 nitrogen and oxygen atoms in total. The van der Waals surface area contributed by atoms with E-state index in [4.69, 9.17) is 10.5 Å². The number of nitrogens with zero attached hydrogens (tertiary/aromatic N) is 1. The topological polar surface area (TPSA) is 76.7 Å². The summed E-state index contributed by atoms with van der Waals surface area (Å²) in [4.78, 5) is 11.7. The van der Waals surface area contributed by atoms with Gasteiger partial charge in [0, 0.05) is 5.69 Å². The highest BCUT2D eigenvalue weighted by Gasteiger charge is 2.03. The third-order valence-electron chi connectivity index (χ3n) is 3.07. The van der Waals surface area contributed by atoms with Crippen LogP contribution >= 0.6 is 0 Å². The lowest BCUT2D eigenvalue weighted by molar-refractivity contribution is -0.123. The SMILES string of the molecule is C/C(=N\NC(=O)COc1ccc(C)cc1)c1ccc(N)cc1. The monoisotopic (exact) mass is 297 g/mol. The summed E-state index contributed by atoms with van der Waals surface area (Å²) in [6, 6.07) is 14.8. The Hall–Kier alpha value is -2.82. The molecule has 0 aliphatic heterocycles. The normalized spacial score (nSPS) is 11.1. The Morgan fingerprint density at radius 2 is 1.77 bits per heavy atom. The van der Waals surface area contributed by atoms with E-state index in [2.05, 4.69) is 10.5 Å². The summed E-state index contributed by atoms with van der Waals surface area (Å²) in [5, 5.41) is 4.05. The maximum Gasteiger partial charge on any atom is 0.277 e. The van der Waals surface area contributed by atoms with Gasteiger partial charge < -0.3 is 10.5 Å². The first-order chi connectivity index (χ1) is 10.5. The number of carbonyl (C=O) groups excluding carboxylic acids is 1. The van der Waals surface area contributed by atoms with E-state index < -0.39 is 0 Å². The van der Waals surface area contributed by atoms with Gasteiger partial charge >= 0.3 is 0 Å². The fraction of sp³-hybridized carbons (Fsp3) is 0.176. The molecule has 1 amide bonds. The second-order valence-corrected chi connectivity index (χ2v) is 4.96. The number of benzene rings is 2. The van der Waals surface area contributed by atoms with Crippen molar-refractivity contribution in [2.45, 2.75) is 13.8 Å². The molecule has 0 unspecified atom stereocenters. The van der Waals surface area contributed by atoms with Gasteiger partial charge in [-0.2, -0.15) is 5.10 Å². The van der Waals surface area contributed by atoms with Crippen molar-refractivity contribution in [1.29, 1.82) is 0 Å². The van der Waals surface area contributed by atoms with Crippen molar-refractivity contribution in [3.8, 4) is 5.75 Å². The molecule has 2 aromatic rings. The van der Waals surface area contributed by atoms with Crippen molar-refractivity contribution in [1.82, 2.24) is 5.43 Å². The van der Waals surface area contributed by atoms with Crippen LogP contribution < -0.4 is 15.9 Å². The van der Waals surface area contributed by atoms with Crippen LogP contribution in [0, 0.1) is 6.92 Å². The zero-order chi connectivity index (χ0) is 15.9. The van der Waals surface area contributed by atoms with E-state index >= 15 is 0 Å². The Kier molecular flexibility index (Phi) is 5.14. The lowest BCUT2D eigenvalue weighted by atomic mass is 10.1. The smallest absolute Gasteiger partial charge is 0.277 e. The first-order valence-electron chi connectivity index (χ1n) is 6.93. The molecular formula is C17H19N3O2. The molecule has 0 fully saturated rings. The predicted octanol–water partition coefficient (Wildman–Crippen LogP) is 2.50. The fourth-order valence-corrected chi connectivity index (χ4v) is 1.75. The van der Waals surface area contributed by atoms with Gasteiger partial charge in [0.2, 0.25) is 0 Å². The molecule has 2 rings (SSSR count). The van der Waals surface area contributed by atoms with Gasteiger partial charge in [-0.15, -0.1) is 0 Å². The summed E-state index contributed by atoms with van der Waals surface area (Å²) in [5.41, 5.74) is 11.5. The molecule has 0 aliphatic rings. The average Bonchev–Trinajstić information content (AvgIpc) is 2.52. The summed E-state index contributed by atoms with van der Waals surface area (Å²) in [6.07, 6.45) is 0. The molecular weight excluding hydrogens is 278 g/mol. The largest absolute Gasteiger partial charge is 0.484 e. The minimum Gasteiger partial charge on any atom is -0.484 e. The highest BCUT2D eigenvalue weighted by molar-refractivity contribution is 5.99. The Balaban J connectivity index is 1.85. The van der Waals surface area contributed by atoms with Crippen molar-refractivity contribution >= 4 is 17.3 Å². The fourth-order valence-electron chi connectivity index (χ4n) is 1.75. The van der Waals surface area contributed by atoms with Gasteiger partial charge in [0.05, 0.1) is 5.71 Å². The molecule has 0 saturated heterocycles. The third kappa shape index (κ3) is 4.63. The number of nitrogens with one attached hydrogen (secondary N) is 1. The third-order valence-corrected chi connectivity index (χ3v) is 3.07. The first kappa shape index (κ1) is 15.6. The van der Waals surface area contributed by atoms with Gasteiger partial charge in [0.25, 0.3) is 5.91 Å². The molecule has 0 saturated carbocycles. The second-order valence-electron chi connectivity index (χ2n) is 4.96. The molecule has 22 heavy (non-hydrogen) atoms. The standard InChI is InChI=1S/C17H19N3O2/c1-12-3-9-16(10-4-12)22-11-17(21)20-19-13(2)14-5-7-15(18)8-6-14/h3-10H,11,18H2,1-2H3,(H,20,21)/b19-13+. The minimum absolute atomic E-state index is 0.0818. The van der Waals surface area contributed by atoms with E-state index in [1.54, 1.807) is 12.1 Å². The van der Waals surface area contributed by atoms with Gasteiger partial charge in [-0.25, -0.2) is 5.43 Å². The van der Waals surface area contributed by atoms with Crippen molar-refractivity contribution in [2.24, 2.45) is 5.10 Å². The molecule has 0 bridgehead atoms. The Morgan fingerprint density at radius 3 is 2.41 bits per heavy atom. The van der Waals surface area contributed by atoms with Gasteiger partial charge in [-0.3, -0.25) is 4.79 Å². The Bertz CT molecular complexity index is 661. The van der Waals surface area contributed by atoms with Crippen LogP contribution in [0.5, 0.6) is 5.75 Å². The summed E-state index contributed by atoms with van der Waals surface area (Å²) in [5.74, 6) is 0.343. The summed E-state index contributed by atoms with van der Waals surface area (Å²) < 4.78 is 5.38. The number of ether oxygens (including phenoxy) is 1. The van der Waals surface area contributed by atoms with E-state index in [0.29, 0.717) is 17.1 Å². The number of hydrogen-bond acceptors (Lipinski definition) is 4. The molecule has 114 valence electrons. The lowest BCUT2D eigenvalue weighted by Crippen LogP contribution is -2.25. The second kappa shape index (κ2) is 7.26. The van der Waals surface area contributed by atoms with E-state index in [-0.39, 0.29) is 12.5 Å². The van der Waals surface area contributed by atoms with Crippen molar-refractivity contribution < 1.29 is 9.53 Å². The number of rotatable bonds is 5. The number of aryl methyl sites for hydroxylation is 1. The summed E-state index contributed by atoms with van der Waals surface area (Å²) in [7, 11) is 0. The average molecular weight is 297 g/mol. The highest BCUT2D eigenvalue weighted by Crippen LogP contribution is 2.11. The number of nitrogens with two attached hydrogens (primary N) is 1. The molecule has 0 aliphatic carbocycles. The van der Waals surface area contributed by atoms with Crippen LogP contribution in [-0.4, -0.2) is 18.2 Å². The zero-order valence-electron chi connectivity index (χ0n) is 12.7. The Labute approximate surface area is 129 Å². The Morgan fingerprint density at radius 1 is 1.14 bits per heavy atom. The van der Waals surface area contributed by atoms with Crippen LogP contribution in [0.2, 0.25) is 0 Å². The predicted molar refractivity (Wildman–Crippen MR) is 87.9 cm³/mol. The van der Waals surface area contributed by atoms with E-state index in [1.807, 2.05) is 50.2 Å². The summed E-state index contributed by atoms with van der Waals surface area (Å²) >= 11 is 0. The highest BCUT2D eigenvalue weighted by atomic mass is 16.5. The van der Waals surface area contributed by atoms with Crippen molar-refractivity contribution in [2.75, 3.05) is 12.3 Å². The summed E-state index contributed by atoms with van der Waals surface area (Å²) in [6.45, 7) is 3.72. The number of amides is 1. The number of hydrazone groups is 1. The minimum atomic E-state index is -0.310. The number of carbonyl (C=O) groups is 1. The van der Waals surface area contributed by atoms with Gasteiger partial charge in [-0.05, 0) is 43.7 Å². The van der Waals surface area contributed by atoms with Crippen LogP contribution in [0.4, 0.5) is 5.69 Å². The first-order valence-corrected chi connectivity index (χ1v) is 6.93. The van der Waals surface area contributed by atoms with Crippen molar-refractivity contribution in [3.63, 3.8) is 0 Å². The maximum atomic E-state index is 11.7.